The zero-order valence-corrected chi connectivity index (χ0v) is 25.9. The highest BCUT2D eigenvalue weighted by atomic mass is 16.7. The molecule has 0 aliphatic carbocycles. The summed E-state index contributed by atoms with van der Waals surface area (Å²) in [6, 6.07) is 6.57. The molecular formula is C33H38N4O8. The van der Waals surface area contributed by atoms with Crippen molar-refractivity contribution in [3.63, 3.8) is 0 Å². The lowest BCUT2D eigenvalue weighted by atomic mass is 9.99. The summed E-state index contributed by atoms with van der Waals surface area (Å²) >= 11 is 0. The minimum absolute atomic E-state index is 0.00232. The average Bonchev–Trinajstić information content (AvgIpc) is 3.49. The maximum atomic E-state index is 14.0. The third-order valence-electron chi connectivity index (χ3n) is 8.16. The number of ether oxygens (including phenoxy) is 2. The Morgan fingerprint density at radius 2 is 1.82 bits per heavy atom. The monoisotopic (exact) mass is 618 g/mol. The Morgan fingerprint density at radius 3 is 2.56 bits per heavy atom. The van der Waals surface area contributed by atoms with Crippen LogP contribution in [0.15, 0.2) is 39.5 Å². The first-order chi connectivity index (χ1) is 21.4. The molecule has 4 amide bonds. The maximum Gasteiger partial charge on any atom is 0.254 e. The molecule has 1 fully saturated rings. The summed E-state index contributed by atoms with van der Waals surface area (Å²) in [4.78, 5) is 66.0. The van der Waals surface area contributed by atoms with Crippen LogP contribution in [0.1, 0.15) is 60.2 Å². The Bertz CT molecular complexity index is 1730. The molecule has 3 aromatic rings. The lowest BCUT2D eigenvalue weighted by Crippen LogP contribution is -2.54. The molecule has 12 heteroatoms. The van der Waals surface area contributed by atoms with Crippen LogP contribution in [0.2, 0.25) is 0 Å². The van der Waals surface area contributed by atoms with Crippen LogP contribution in [-0.2, 0) is 25.7 Å². The van der Waals surface area contributed by atoms with E-state index in [1.807, 2.05) is 33.8 Å². The third-order valence-corrected chi connectivity index (χ3v) is 8.16. The van der Waals surface area contributed by atoms with Crippen molar-refractivity contribution in [2.24, 2.45) is 11.7 Å². The maximum absolute atomic E-state index is 14.0. The first kappa shape index (κ1) is 31.7. The van der Waals surface area contributed by atoms with E-state index >= 15 is 0 Å². The Hall–Kier alpha value is -4.71. The molecule has 12 nitrogen and oxygen atoms in total. The van der Waals surface area contributed by atoms with Gasteiger partial charge in [0.2, 0.25) is 17.7 Å². The number of carbonyl (C=O) groups excluding carboxylic acids is 4. The first-order valence-electron chi connectivity index (χ1n) is 15.0. The van der Waals surface area contributed by atoms with Crippen molar-refractivity contribution in [3.05, 3.63) is 62.8 Å². The number of nitrogens with one attached hydrogen (secondary N) is 2. The topological polar surface area (TPSA) is 170 Å². The molecule has 1 aromatic heterocycles. The van der Waals surface area contributed by atoms with Crippen LogP contribution in [0.5, 0.6) is 5.75 Å². The van der Waals surface area contributed by atoms with Gasteiger partial charge in [-0.15, -0.1) is 0 Å². The van der Waals surface area contributed by atoms with Gasteiger partial charge >= 0.3 is 0 Å². The second kappa shape index (κ2) is 13.1. The molecule has 4 N–H and O–H groups in total. The SMILES string of the molecule is Cc1cc2oc(-c3cc(C(=O)N4CCC[C@@H]4C(=O)N[C@@H](CC(C)C)C(=O)NCC(N)=O)cc4c3OCOC4)cc(=O)c2cc1C. The summed E-state index contributed by atoms with van der Waals surface area (Å²) in [7, 11) is 0. The number of fused-ring (bicyclic) bond motifs is 2. The predicted octanol–water partition coefficient (Wildman–Crippen LogP) is 2.68. The second-order valence-electron chi connectivity index (χ2n) is 12.1. The van der Waals surface area contributed by atoms with Crippen LogP contribution in [0.25, 0.3) is 22.3 Å². The molecular weight excluding hydrogens is 580 g/mol. The van der Waals surface area contributed by atoms with Gasteiger partial charge in [-0.2, -0.15) is 0 Å². The number of benzene rings is 2. The molecule has 2 aliphatic rings. The normalized spacial score (nSPS) is 16.6. The van der Waals surface area contributed by atoms with Gasteiger partial charge in [-0.3, -0.25) is 24.0 Å². The van der Waals surface area contributed by atoms with E-state index in [2.05, 4.69) is 10.6 Å². The largest absolute Gasteiger partial charge is 0.466 e. The Kier molecular flexibility index (Phi) is 9.24. The van der Waals surface area contributed by atoms with Gasteiger partial charge < -0.3 is 35.2 Å². The van der Waals surface area contributed by atoms with Gasteiger partial charge in [-0.1, -0.05) is 13.8 Å². The van der Waals surface area contributed by atoms with Crippen molar-refractivity contribution in [1.82, 2.24) is 15.5 Å². The number of nitrogens with zero attached hydrogens (tertiary/aromatic N) is 1. The minimum atomic E-state index is -0.901. The highest BCUT2D eigenvalue weighted by Gasteiger charge is 2.37. The van der Waals surface area contributed by atoms with Crippen molar-refractivity contribution in [2.45, 2.75) is 65.6 Å². The molecule has 238 valence electrons. The molecule has 0 spiro atoms. The predicted molar refractivity (Wildman–Crippen MR) is 165 cm³/mol. The lowest BCUT2D eigenvalue weighted by molar-refractivity contribution is -0.132. The summed E-state index contributed by atoms with van der Waals surface area (Å²) in [5, 5.41) is 5.69. The molecule has 3 heterocycles. The number of nitrogens with two attached hydrogens (primary N) is 1. The summed E-state index contributed by atoms with van der Waals surface area (Å²) in [5.74, 6) is -1.30. The molecule has 2 aromatic carbocycles. The van der Waals surface area contributed by atoms with Crippen LogP contribution in [0.4, 0.5) is 0 Å². The van der Waals surface area contributed by atoms with Crippen LogP contribution in [-0.4, -0.2) is 60.5 Å². The molecule has 2 aliphatic heterocycles. The van der Waals surface area contributed by atoms with Gasteiger partial charge in [0.05, 0.1) is 24.1 Å². The average molecular weight is 619 g/mol. The quantitative estimate of drug-likeness (QED) is 0.329. The van der Waals surface area contributed by atoms with E-state index in [9.17, 15) is 24.0 Å². The smallest absolute Gasteiger partial charge is 0.254 e. The van der Waals surface area contributed by atoms with E-state index in [-0.39, 0.29) is 42.6 Å². The van der Waals surface area contributed by atoms with Gasteiger partial charge in [0.1, 0.15) is 29.2 Å². The fourth-order valence-electron chi connectivity index (χ4n) is 5.79. The van der Waals surface area contributed by atoms with Crippen molar-refractivity contribution in [2.75, 3.05) is 19.9 Å². The number of likely N-dealkylation sites (tertiary alicyclic amines) is 1. The number of amides is 4. The van der Waals surface area contributed by atoms with Gasteiger partial charge in [0, 0.05) is 23.7 Å². The summed E-state index contributed by atoms with van der Waals surface area (Å²) in [6.45, 7) is 7.86. The number of carbonyl (C=O) groups is 4. The van der Waals surface area contributed by atoms with Crippen LogP contribution in [0.3, 0.4) is 0 Å². The van der Waals surface area contributed by atoms with E-state index in [0.29, 0.717) is 53.7 Å². The molecule has 2 atom stereocenters. The van der Waals surface area contributed by atoms with Crippen molar-refractivity contribution >= 4 is 34.6 Å². The number of hydrogen-bond acceptors (Lipinski definition) is 8. The minimum Gasteiger partial charge on any atom is -0.466 e. The number of rotatable bonds is 9. The van der Waals surface area contributed by atoms with Gasteiger partial charge in [-0.25, -0.2) is 0 Å². The highest BCUT2D eigenvalue weighted by Crippen LogP contribution is 2.38. The number of hydrogen-bond donors (Lipinski definition) is 3. The second-order valence-corrected chi connectivity index (χ2v) is 12.1. The number of primary amides is 1. The first-order valence-corrected chi connectivity index (χ1v) is 15.0. The van der Waals surface area contributed by atoms with Gasteiger partial charge in [0.15, 0.2) is 12.2 Å². The Labute approximate surface area is 260 Å². The van der Waals surface area contributed by atoms with Crippen LogP contribution >= 0.6 is 0 Å². The fourth-order valence-corrected chi connectivity index (χ4v) is 5.79. The van der Waals surface area contributed by atoms with E-state index in [4.69, 9.17) is 19.6 Å². The van der Waals surface area contributed by atoms with E-state index < -0.39 is 35.7 Å². The molecule has 1 saturated heterocycles. The van der Waals surface area contributed by atoms with Crippen molar-refractivity contribution in [1.29, 1.82) is 0 Å². The zero-order valence-electron chi connectivity index (χ0n) is 25.9. The highest BCUT2D eigenvalue weighted by molar-refractivity contribution is 6.00. The van der Waals surface area contributed by atoms with E-state index in [1.54, 1.807) is 18.2 Å². The fraction of sp³-hybridized carbons (Fsp3) is 0.424. The van der Waals surface area contributed by atoms with Crippen LogP contribution in [0, 0.1) is 19.8 Å². The molecule has 5 rings (SSSR count). The van der Waals surface area contributed by atoms with E-state index in [0.717, 1.165) is 11.1 Å². The summed E-state index contributed by atoms with van der Waals surface area (Å²) in [6.07, 6.45) is 1.34. The molecule has 45 heavy (non-hydrogen) atoms. The van der Waals surface area contributed by atoms with Crippen molar-refractivity contribution < 1.29 is 33.1 Å². The van der Waals surface area contributed by atoms with Gasteiger partial charge in [0.25, 0.3) is 5.91 Å². The summed E-state index contributed by atoms with van der Waals surface area (Å²) < 4.78 is 17.5. The molecule has 0 unspecified atom stereocenters. The summed E-state index contributed by atoms with van der Waals surface area (Å²) in [5.41, 5.74) is 8.61. The third kappa shape index (κ3) is 6.85. The molecule has 0 bridgehead atoms. The number of aryl methyl sites for hydroxylation is 2. The zero-order chi connectivity index (χ0) is 32.4. The van der Waals surface area contributed by atoms with E-state index in [1.165, 1.54) is 11.0 Å². The van der Waals surface area contributed by atoms with Crippen molar-refractivity contribution in [3.8, 4) is 17.1 Å². The van der Waals surface area contributed by atoms with Gasteiger partial charge in [-0.05, 0) is 74.4 Å². The standard InChI is InChI=1S/C33H38N4O8/c1-17(2)8-24(31(40)35-14-29(34)39)36-32(41)25-6-5-7-37(25)33(42)20-11-21-15-43-16-44-30(21)23(12-20)28-13-26(38)22-9-18(3)19(4)10-27(22)45-28/h9-13,17,24-25H,5-8,14-16H2,1-4H3,(H2,34,39)(H,35,40)(H,36,41)/t24-,25+/m0/s1. The molecule has 0 radical (unpaired) electrons. The Morgan fingerprint density at radius 1 is 1.07 bits per heavy atom. The molecule has 0 saturated carbocycles. The lowest BCUT2D eigenvalue weighted by Gasteiger charge is -2.28. The van der Waals surface area contributed by atoms with Crippen LogP contribution < -0.4 is 26.5 Å². The Balaban J connectivity index is 1.46.